The number of rotatable bonds is 4. The van der Waals surface area contributed by atoms with Gasteiger partial charge in [-0.1, -0.05) is 0 Å². The third kappa shape index (κ3) is 4.68. The molecule has 0 saturated carbocycles. The van der Waals surface area contributed by atoms with Crippen molar-refractivity contribution in [3.8, 4) is 17.0 Å². The van der Waals surface area contributed by atoms with Gasteiger partial charge in [0.05, 0.1) is 11.3 Å². The molecule has 4 N–H and O–H groups in total. The number of phenols is 1. The first-order valence-corrected chi connectivity index (χ1v) is 6.80. The van der Waals surface area contributed by atoms with Crippen LogP contribution in [0.2, 0.25) is 0 Å². The van der Waals surface area contributed by atoms with E-state index < -0.39 is 17.5 Å². The fraction of sp³-hybridized carbons (Fsp3) is 0.357. The van der Waals surface area contributed by atoms with Gasteiger partial charge in [-0.2, -0.15) is 13.2 Å². The summed E-state index contributed by atoms with van der Waals surface area (Å²) < 4.78 is 37.8. The van der Waals surface area contributed by atoms with E-state index in [1.165, 1.54) is 0 Å². The molecule has 0 fully saturated rings. The van der Waals surface area contributed by atoms with E-state index in [4.69, 9.17) is 5.73 Å². The molecule has 2 rings (SSSR count). The Kier molecular flexibility index (Phi) is 6.33. The maximum atomic E-state index is 12.6. The third-order valence-corrected chi connectivity index (χ3v) is 3.02. The van der Waals surface area contributed by atoms with Crippen LogP contribution in [0.1, 0.15) is 18.2 Å². The highest BCUT2D eigenvalue weighted by Gasteiger charge is 2.31. The second kappa shape index (κ2) is 7.63. The largest absolute Gasteiger partial charge is 0.507 e. The van der Waals surface area contributed by atoms with Gasteiger partial charge in [-0.25, -0.2) is 4.98 Å². The summed E-state index contributed by atoms with van der Waals surface area (Å²) in [5, 5.41) is 20.5. The molecule has 0 bridgehead atoms. The van der Waals surface area contributed by atoms with Crippen LogP contribution in [0.4, 0.5) is 19.1 Å². The van der Waals surface area contributed by atoms with Gasteiger partial charge < -0.3 is 16.2 Å². The summed E-state index contributed by atoms with van der Waals surface area (Å²) in [6.07, 6.45) is -4.53. The van der Waals surface area contributed by atoms with Crippen molar-refractivity contribution in [2.45, 2.75) is 26.1 Å². The molecule has 2 aromatic rings. The molecular weight excluding hydrogens is 347 g/mol. The molecule has 24 heavy (non-hydrogen) atoms. The van der Waals surface area contributed by atoms with Gasteiger partial charge >= 0.3 is 6.18 Å². The standard InChI is InChI=1S/C14H16F3N5O.ClH/c1-7(18)6-19-13-20-8(2)12(21-22-13)10-4-3-9(5-11(10)23)14(15,16)17;/h3-5,7,23H,6,18H2,1-2H3,(H,19,20,22);1H/t7-;/m1./s1. The molecule has 10 heteroatoms. The van der Waals surface area contributed by atoms with Gasteiger partial charge in [0.15, 0.2) is 0 Å². The summed E-state index contributed by atoms with van der Waals surface area (Å²) in [4.78, 5) is 4.16. The number of alkyl halides is 3. The summed E-state index contributed by atoms with van der Waals surface area (Å²) in [6, 6.07) is 2.57. The number of nitrogens with two attached hydrogens (primary N) is 1. The van der Waals surface area contributed by atoms with Gasteiger partial charge in [-0.15, -0.1) is 22.6 Å². The smallest absolute Gasteiger partial charge is 0.416 e. The topological polar surface area (TPSA) is 97.0 Å². The van der Waals surface area contributed by atoms with E-state index >= 15 is 0 Å². The summed E-state index contributed by atoms with van der Waals surface area (Å²) in [7, 11) is 0. The molecule has 0 saturated heterocycles. The number of hydrogen-bond donors (Lipinski definition) is 3. The Balaban J connectivity index is 0.00000288. The van der Waals surface area contributed by atoms with Crippen molar-refractivity contribution in [3.63, 3.8) is 0 Å². The van der Waals surface area contributed by atoms with Crippen molar-refractivity contribution in [1.29, 1.82) is 0 Å². The molecule has 0 unspecified atom stereocenters. The lowest BCUT2D eigenvalue weighted by molar-refractivity contribution is -0.137. The van der Waals surface area contributed by atoms with Crippen LogP contribution in [0.5, 0.6) is 5.75 Å². The Morgan fingerprint density at radius 3 is 2.46 bits per heavy atom. The van der Waals surface area contributed by atoms with Crippen molar-refractivity contribution in [3.05, 3.63) is 29.5 Å². The van der Waals surface area contributed by atoms with Crippen LogP contribution in [0.15, 0.2) is 18.2 Å². The van der Waals surface area contributed by atoms with E-state index in [-0.39, 0.29) is 35.7 Å². The first-order valence-electron chi connectivity index (χ1n) is 6.80. The number of nitrogens with one attached hydrogen (secondary N) is 1. The molecule has 0 aliphatic heterocycles. The Morgan fingerprint density at radius 1 is 1.29 bits per heavy atom. The maximum absolute atomic E-state index is 12.6. The predicted molar refractivity (Wildman–Crippen MR) is 86.1 cm³/mol. The van der Waals surface area contributed by atoms with Gasteiger partial charge in [0.1, 0.15) is 11.4 Å². The molecule has 0 aliphatic rings. The molecule has 0 amide bonds. The number of hydrogen-bond acceptors (Lipinski definition) is 6. The molecular formula is C14H17ClF3N5O. The molecule has 6 nitrogen and oxygen atoms in total. The van der Waals surface area contributed by atoms with Crippen LogP contribution < -0.4 is 11.1 Å². The molecule has 0 radical (unpaired) electrons. The second-order valence-corrected chi connectivity index (χ2v) is 5.16. The van der Waals surface area contributed by atoms with Crippen molar-refractivity contribution in [2.75, 3.05) is 11.9 Å². The van der Waals surface area contributed by atoms with Gasteiger partial charge in [0.25, 0.3) is 0 Å². The zero-order valence-electron chi connectivity index (χ0n) is 12.9. The lowest BCUT2D eigenvalue weighted by Crippen LogP contribution is -2.26. The minimum atomic E-state index is -4.53. The van der Waals surface area contributed by atoms with E-state index in [1.54, 1.807) is 6.92 Å². The fourth-order valence-electron chi connectivity index (χ4n) is 1.89. The van der Waals surface area contributed by atoms with Crippen molar-refractivity contribution in [2.24, 2.45) is 5.73 Å². The van der Waals surface area contributed by atoms with E-state index in [0.29, 0.717) is 18.3 Å². The molecule has 1 aromatic heterocycles. The fourth-order valence-corrected chi connectivity index (χ4v) is 1.89. The molecule has 1 heterocycles. The van der Waals surface area contributed by atoms with Crippen LogP contribution in [0.25, 0.3) is 11.3 Å². The maximum Gasteiger partial charge on any atom is 0.416 e. The minimum absolute atomic E-state index is 0. The highest BCUT2D eigenvalue weighted by Crippen LogP contribution is 2.36. The van der Waals surface area contributed by atoms with Crippen LogP contribution in [-0.4, -0.2) is 32.9 Å². The number of aryl methyl sites for hydroxylation is 1. The molecule has 1 atom stereocenters. The summed E-state index contributed by atoms with van der Waals surface area (Å²) in [6.45, 7) is 3.88. The quantitative estimate of drug-likeness (QED) is 0.772. The monoisotopic (exact) mass is 363 g/mol. The zero-order chi connectivity index (χ0) is 17.2. The van der Waals surface area contributed by atoms with Crippen LogP contribution >= 0.6 is 12.4 Å². The van der Waals surface area contributed by atoms with Crippen molar-refractivity contribution in [1.82, 2.24) is 15.2 Å². The van der Waals surface area contributed by atoms with E-state index in [9.17, 15) is 18.3 Å². The second-order valence-electron chi connectivity index (χ2n) is 5.16. The zero-order valence-corrected chi connectivity index (χ0v) is 13.7. The number of halogens is 4. The lowest BCUT2D eigenvalue weighted by atomic mass is 10.1. The lowest BCUT2D eigenvalue weighted by Gasteiger charge is -2.12. The number of aromatic hydroxyl groups is 1. The Labute approximate surface area is 142 Å². The average molecular weight is 364 g/mol. The third-order valence-electron chi connectivity index (χ3n) is 3.02. The number of anilines is 1. The minimum Gasteiger partial charge on any atom is -0.507 e. The SMILES string of the molecule is Cc1nc(NC[C@@H](C)N)nnc1-c1ccc(C(F)(F)F)cc1O.Cl. The normalized spacial score (nSPS) is 12.4. The molecule has 0 aliphatic carbocycles. The molecule has 1 aromatic carbocycles. The Hall–Kier alpha value is -2.13. The highest BCUT2D eigenvalue weighted by atomic mass is 35.5. The molecule has 0 spiro atoms. The van der Waals surface area contributed by atoms with Crippen LogP contribution in [-0.2, 0) is 6.18 Å². The molecule has 132 valence electrons. The highest BCUT2D eigenvalue weighted by molar-refractivity contribution is 5.85. The van der Waals surface area contributed by atoms with Crippen LogP contribution in [0, 0.1) is 6.92 Å². The average Bonchev–Trinajstić information content (AvgIpc) is 2.44. The first-order chi connectivity index (χ1) is 10.7. The predicted octanol–water partition coefficient (Wildman–Crippen LogP) is 2.75. The van der Waals surface area contributed by atoms with E-state index in [0.717, 1.165) is 12.1 Å². The number of benzene rings is 1. The first kappa shape index (κ1) is 19.9. The number of phenolic OH excluding ortho intramolecular Hbond substituents is 1. The number of nitrogens with zero attached hydrogens (tertiary/aromatic N) is 3. The summed E-state index contributed by atoms with van der Waals surface area (Å²) >= 11 is 0. The Bertz CT molecular complexity index is 709. The van der Waals surface area contributed by atoms with E-state index in [2.05, 4.69) is 20.5 Å². The summed E-state index contributed by atoms with van der Waals surface area (Å²) in [5.41, 5.74) is 5.43. The van der Waals surface area contributed by atoms with Gasteiger partial charge in [0, 0.05) is 18.2 Å². The van der Waals surface area contributed by atoms with Crippen molar-refractivity contribution >= 4 is 18.4 Å². The van der Waals surface area contributed by atoms with Gasteiger partial charge in [-0.3, -0.25) is 0 Å². The summed E-state index contributed by atoms with van der Waals surface area (Å²) in [5.74, 6) is -0.273. The van der Waals surface area contributed by atoms with Crippen molar-refractivity contribution < 1.29 is 18.3 Å². The Morgan fingerprint density at radius 2 is 1.96 bits per heavy atom. The van der Waals surface area contributed by atoms with Crippen LogP contribution in [0.3, 0.4) is 0 Å². The van der Waals surface area contributed by atoms with Gasteiger partial charge in [-0.05, 0) is 32.0 Å². The van der Waals surface area contributed by atoms with E-state index in [1.807, 2.05) is 6.92 Å². The number of aromatic nitrogens is 3. The van der Waals surface area contributed by atoms with Gasteiger partial charge in [0.2, 0.25) is 5.95 Å².